The van der Waals surface area contributed by atoms with E-state index in [0.29, 0.717) is 0 Å². The largest absolute Gasteiger partial charge is 0.444 e. The third kappa shape index (κ3) is 3.99. The number of nitrogens with zero attached hydrogens (tertiary/aromatic N) is 1. The van der Waals surface area contributed by atoms with Crippen LogP contribution in [0.4, 0.5) is 18.0 Å². The number of hydrogen-bond donors (Lipinski definition) is 1. The van der Waals surface area contributed by atoms with Crippen molar-refractivity contribution in [1.29, 1.82) is 0 Å². The van der Waals surface area contributed by atoms with E-state index >= 15 is 0 Å². The van der Waals surface area contributed by atoms with E-state index in [-0.39, 0.29) is 13.0 Å². The van der Waals surface area contributed by atoms with Gasteiger partial charge in [0, 0.05) is 13.0 Å². The summed E-state index contributed by atoms with van der Waals surface area (Å²) >= 11 is 0. The third-order valence-electron chi connectivity index (χ3n) is 2.87. The Morgan fingerprint density at radius 3 is 2.40 bits per heavy atom. The second-order valence-electron chi connectivity index (χ2n) is 5.72. The molecule has 0 bridgehead atoms. The van der Waals surface area contributed by atoms with Gasteiger partial charge in [-0.1, -0.05) is 0 Å². The van der Waals surface area contributed by atoms with Crippen LogP contribution in [0.3, 0.4) is 0 Å². The highest BCUT2D eigenvalue weighted by molar-refractivity contribution is 5.68. The van der Waals surface area contributed by atoms with Crippen LogP contribution in [0.15, 0.2) is 0 Å². The fourth-order valence-corrected chi connectivity index (χ4v) is 1.94. The van der Waals surface area contributed by atoms with Crippen molar-refractivity contribution in [2.45, 2.75) is 44.6 Å². The van der Waals surface area contributed by atoms with Gasteiger partial charge in [-0.15, -0.1) is 0 Å². The van der Waals surface area contributed by atoms with Crippen molar-refractivity contribution in [3.63, 3.8) is 0 Å². The number of halogens is 3. The van der Waals surface area contributed by atoms with Crippen LogP contribution in [-0.4, -0.2) is 59.8 Å². The van der Waals surface area contributed by atoms with Gasteiger partial charge < -0.3 is 19.5 Å². The summed E-state index contributed by atoms with van der Waals surface area (Å²) in [7, 11) is 0. The van der Waals surface area contributed by atoms with Crippen molar-refractivity contribution in [2.75, 3.05) is 26.3 Å². The van der Waals surface area contributed by atoms with Gasteiger partial charge in [-0.05, 0) is 20.8 Å². The maximum absolute atomic E-state index is 13.1. The summed E-state index contributed by atoms with van der Waals surface area (Å²) < 4.78 is 49.2. The van der Waals surface area contributed by atoms with Crippen LogP contribution < -0.4 is 0 Å². The third-order valence-corrected chi connectivity index (χ3v) is 2.87. The number of rotatable bonds is 3. The second kappa shape index (κ2) is 5.77. The lowest BCUT2D eigenvalue weighted by atomic mass is 10.0. The molecule has 1 fully saturated rings. The minimum Gasteiger partial charge on any atom is -0.444 e. The Morgan fingerprint density at radius 2 is 1.95 bits per heavy atom. The van der Waals surface area contributed by atoms with Crippen molar-refractivity contribution >= 4 is 6.09 Å². The summed E-state index contributed by atoms with van der Waals surface area (Å²) in [5.74, 6) is 0. The maximum atomic E-state index is 13.1. The Kier molecular flexibility index (Phi) is 4.91. The van der Waals surface area contributed by atoms with Crippen LogP contribution in [-0.2, 0) is 9.47 Å². The van der Waals surface area contributed by atoms with Crippen molar-refractivity contribution in [3.8, 4) is 0 Å². The van der Waals surface area contributed by atoms with Crippen molar-refractivity contribution in [1.82, 2.24) is 4.90 Å². The van der Waals surface area contributed by atoms with Crippen LogP contribution in [0, 0.1) is 0 Å². The second-order valence-corrected chi connectivity index (χ2v) is 5.72. The standard InChI is InChI=1S/C12H20F3NO4/c1-10(2,3)20-9(18)16-5-4-11(8-16,12(13,14)15)19-7-6-17/h17H,4-8H2,1-3H3. The molecule has 1 heterocycles. The molecule has 118 valence electrons. The number of ether oxygens (including phenoxy) is 2. The molecule has 0 aliphatic carbocycles. The number of hydrogen-bond acceptors (Lipinski definition) is 4. The molecular formula is C12H20F3NO4. The van der Waals surface area contributed by atoms with Gasteiger partial charge in [-0.3, -0.25) is 0 Å². The number of likely N-dealkylation sites (tertiary alicyclic amines) is 1. The minimum absolute atomic E-state index is 0.0974. The predicted molar refractivity (Wildman–Crippen MR) is 64.2 cm³/mol. The van der Waals surface area contributed by atoms with Gasteiger partial charge in [-0.2, -0.15) is 13.2 Å². The first-order chi connectivity index (χ1) is 9.01. The lowest BCUT2D eigenvalue weighted by molar-refractivity contribution is -0.273. The smallest absolute Gasteiger partial charge is 0.419 e. The first kappa shape index (κ1) is 17.0. The molecule has 0 radical (unpaired) electrons. The van der Waals surface area contributed by atoms with Crippen molar-refractivity contribution in [3.05, 3.63) is 0 Å². The molecule has 0 aromatic heterocycles. The normalized spacial score (nSPS) is 24.1. The SMILES string of the molecule is CC(C)(C)OC(=O)N1CCC(OCCO)(C(F)(F)F)C1. The molecule has 20 heavy (non-hydrogen) atoms. The molecule has 1 rings (SSSR count). The molecular weight excluding hydrogens is 279 g/mol. The zero-order chi connectivity index (χ0) is 15.6. The van der Waals surface area contributed by atoms with Gasteiger partial charge in [0.05, 0.1) is 19.8 Å². The van der Waals surface area contributed by atoms with Gasteiger partial charge in [0.1, 0.15) is 5.60 Å². The van der Waals surface area contributed by atoms with E-state index in [1.165, 1.54) is 0 Å². The first-order valence-electron chi connectivity index (χ1n) is 6.30. The molecule has 5 nitrogen and oxygen atoms in total. The summed E-state index contributed by atoms with van der Waals surface area (Å²) in [5.41, 5.74) is -3.20. The zero-order valence-electron chi connectivity index (χ0n) is 11.8. The topological polar surface area (TPSA) is 59.0 Å². The molecule has 1 N–H and O–H groups in total. The molecule has 1 amide bonds. The van der Waals surface area contributed by atoms with Crippen LogP contribution in [0.25, 0.3) is 0 Å². The average molecular weight is 299 g/mol. The van der Waals surface area contributed by atoms with Crippen molar-refractivity contribution in [2.24, 2.45) is 0 Å². The molecule has 0 spiro atoms. The number of aliphatic hydroxyl groups is 1. The summed E-state index contributed by atoms with van der Waals surface area (Å²) in [4.78, 5) is 12.8. The molecule has 1 aliphatic heterocycles. The van der Waals surface area contributed by atoms with Crippen LogP contribution >= 0.6 is 0 Å². The van der Waals surface area contributed by atoms with Gasteiger partial charge in [0.2, 0.25) is 0 Å². The van der Waals surface area contributed by atoms with Gasteiger partial charge >= 0.3 is 12.3 Å². The number of amides is 1. The molecule has 1 unspecified atom stereocenters. The molecule has 1 aliphatic rings. The lowest BCUT2D eigenvalue weighted by Gasteiger charge is -2.32. The summed E-state index contributed by atoms with van der Waals surface area (Å²) in [5, 5.41) is 8.64. The highest BCUT2D eigenvalue weighted by atomic mass is 19.4. The predicted octanol–water partition coefficient (Wildman–Crippen LogP) is 1.94. The Hall–Kier alpha value is -1.02. The van der Waals surface area contributed by atoms with Gasteiger partial charge in [0.25, 0.3) is 0 Å². The monoisotopic (exact) mass is 299 g/mol. The number of aliphatic hydroxyl groups excluding tert-OH is 1. The van der Waals surface area contributed by atoms with E-state index in [1.807, 2.05) is 0 Å². The van der Waals surface area contributed by atoms with E-state index < -0.39 is 43.2 Å². The molecule has 8 heteroatoms. The Morgan fingerprint density at radius 1 is 1.35 bits per heavy atom. The average Bonchev–Trinajstić information content (AvgIpc) is 2.69. The lowest BCUT2D eigenvalue weighted by Crippen LogP contribution is -2.51. The Bertz CT molecular complexity index is 354. The number of carbonyl (C=O) groups is 1. The summed E-state index contributed by atoms with van der Waals surface area (Å²) in [6.07, 6.45) is -5.77. The summed E-state index contributed by atoms with van der Waals surface area (Å²) in [6.45, 7) is 3.26. The first-order valence-corrected chi connectivity index (χ1v) is 6.30. The highest BCUT2D eigenvalue weighted by Crippen LogP contribution is 2.41. The fourth-order valence-electron chi connectivity index (χ4n) is 1.94. The molecule has 0 saturated carbocycles. The number of carbonyl (C=O) groups excluding carboxylic acids is 1. The Balaban J connectivity index is 2.77. The minimum atomic E-state index is -4.61. The van der Waals surface area contributed by atoms with Crippen molar-refractivity contribution < 1.29 is 32.5 Å². The van der Waals surface area contributed by atoms with E-state index in [0.717, 1.165) is 4.90 Å². The molecule has 1 atom stereocenters. The van der Waals surface area contributed by atoms with E-state index in [4.69, 9.17) is 14.6 Å². The molecule has 0 aromatic carbocycles. The zero-order valence-corrected chi connectivity index (χ0v) is 11.8. The van der Waals surface area contributed by atoms with E-state index in [9.17, 15) is 18.0 Å². The van der Waals surface area contributed by atoms with Gasteiger partial charge in [0.15, 0.2) is 5.60 Å². The van der Waals surface area contributed by atoms with Crippen LogP contribution in [0.2, 0.25) is 0 Å². The summed E-state index contributed by atoms with van der Waals surface area (Å²) in [6, 6.07) is 0. The van der Waals surface area contributed by atoms with E-state index in [2.05, 4.69) is 0 Å². The maximum Gasteiger partial charge on any atom is 0.419 e. The molecule has 1 saturated heterocycles. The number of alkyl halides is 3. The van der Waals surface area contributed by atoms with Gasteiger partial charge in [-0.25, -0.2) is 4.79 Å². The fraction of sp³-hybridized carbons (Fsp3) is 0.917. The molecule has 0 aromatic rings. The highest BCUT2D eigenvalue weighted by Gasteiger charge is 2.60. The van der Waals surface area contributed by atoms with E-state index in [1.54, 1.807) is 20.8 Å². The quantitative estimate of drug-likeness (QED) is 0.865. The van der Waals surface area contributed by atoms with Crippen LogP contribution in [0.1, 0.15) is 27.2 Å². The van der Waals surface area contributed by atoms with Crippen LogP contribution in [0.5, 0.6) is 0 Å². The Labute approximate surface area is 115 Å².